The first-order valence-corrected chi connectivity index (χ1v) is 4.90. The van der Waals surface area contributed by atoms with Gasteiger partial charge in [-0.15, -0.1) is 18.1 Å². The van der Waals surface area contributed by atoms with Gasteiger partial charge in [-0.05, 0) is 0 Å². The summed E-state index contributed by atoms with van der Waals surface area (Å²) in [6, 6.07) is 0. The summed E-state index contributed by atoms with van der Waals surface area (Å²) in [5, 5.41) is 0. The molecule has 0 bridgehead atoms. The Hall–Kier alpha value is 3.19. The molecule has 0 aromatic rings. The van der Waals surface area contributed by atoms with Crippen LogP contribution in [0.2, 0.25) is 0 Å². The van der Waals surface area contributed by atoms with Gasteiger partial charge < -0.3 is 32.9 Å². The molecule has 0 rings (SSSR count). The van der Waals surface area contributed by atoms with E-state index >= 15 is 0 Å². The minimum absolute atomic E-state index is 0. The molecule has 0 atom stereocenters. The second kappa shape index (κ2) is 7.48. The van der Waals surface area contributed by atoms with Gasteiger partial charge in [0.2, 0.25) is 0 Å². The van der Waals surface area contributed by atoms with Gasteiger partial charge in [0, 0.05) is 0 Å². The van der Waals surface area contributed by atoms with Crippen molar-refractivity contribution >= 4 is 18.1 Å². The molecule has 0 aromatic carbocycles. The van der Waals surface area contributed by atoms with E-state index in [1.807, 2.05) is 0 Å². The predicted molar refractivity (Wildman–Crippen MR) is 12.6 cm³/mol. The normalized spacial score (nSPS) is 11.5. The third kappa shape index (κ3) is 19.6. The van der Waals surface area contributed by atoms with Crippen LogP contribution in [0.3, 0.4) is 0 Å². The van der Waals surface area contributed by atoms with Gasteiger partial charge in [-0.25, -0.2) is 0 Å². The van der Waals surface area contributed by atoms with E-state index in [0.717, 1.165) is 0 Å². The van der Waals surface area contributed by atoms with Crippen molar-refractivity contribution in [2.45, 2.75) is 0 Å². The summed E-state index contributed by atoms with van der Waals surface area (Å²) in [7, 11) is -11.8. The Balaban J connectivity index is -0.000000320. The summed E-state index contributed by atoms with van der Waals surface area (Å²) in [6.45, 7) is 0. The van der Waals surface area contributed by atoms with E-state index in [1.54, 1.807) is 0 Å². The summed E-state index contributed by atoms with van der Waals surface area (Å²) < 4.78 is 2.57. The molecule has 0 aliphatic heterocycles. The van der Waals surface area contributed by atoms with Gasteiger partial charge >= 0.3 is 93.8 Å². The molecule has 0 saturated carbocycles. The maximum atomic E-state index is 9.36. The Kier molecular flexibility index (Phi) is 13.4. The van der Waals surface area contributed by atoms with Gasteiger partial charge in [0.15, 0.2) is 0 Å². The smallest absolute Gasteiger partial charge is 0.862 e. The molecule has 78 valence electrons. The average molecular weight is 514 g/mol. The van der Waals surface area contributed by atoms with Crippen molar-refractivity contribution in [3.63, 3.8) is 0 Å². The van der Waals surface area contributed by atoms with Gasteiger partial charge in [-0.3, -0.25) is 0 Å². The molecule has 0 amide bonds. The Labute approximate surface area is 141 Å². The summed E-state index contributed by atoms with van der Waals surface area (Å²) in [6.07, 6.45) is 0. The minimum atomic E-state index is -5.92. The first kappa shape index (κ1) is 19.7. The molecule has 7 nitrogen and oxygen atoms in total. The van der Waals surface area contributed by atoms with Crippen molar-refractivity contribution in [1.82, 2.24) is 0 Å². The summed E-state index contributed by atoms with van der Waals surface area (Å²) in [5.74, 6) is 0. The molecule has 0 saturated heterocycles. The molecular weight excluding hydrogens is 514 g/mol. The molecule has 0 aromatic heterocycles. The van der Waals surface area contributed by atoms with Crippen LogP contribution in [0.4, 0.5) is 0 Å². The molecule has 0 unspecified atom stereocenters. The fourth-order valence-corrected chi connectivity index (χ4v) is 1.38. The molecule has 11 heavy (non-hydrogen) atoms. The Bertz CT molecular complexity index is 79.6. The van der Waals surface area contributed by atoms with Gasteiger partial charge in [0.05, 0.1) is 0 Å². The topological polar surface area (TPSA) is 148 Å². The van der Waals surface area contributed by atoms with Crippen molar-refractivity contribution in [1.29, 1.82) is 0 Å². The van der Waals surface area contributed by atoms with Crippen LogP contribution in [0.25, 0.3) is 0 Å². The van der Waals surface area contributed by atoms with Crippen LogP contribution in [0.1, 0.15) is 0 Å². The minimum Gasteiger partial charge on any atom is -0.862 e. The Morgan fingerprint density at radius 3 is 0.818 bits per heavy atom. The third-order valence-electron chi connectivity index (χ3n) is 0.250. The van der Waals surface area contributed by atoms with Crippen molar-refractivity contribution < 1.29 is 127 Å². The second-order valence-corrected chi connectivity index (χ2v) is 3.92. The molecule has 0 aliphatic rings. The van der Waals surface area contributed by atoms with Crippen molar-refractivity contribution in [3.05, 3.63) is 0 Å². The molecule has 0 N–H and O–H groups in total. The van der Waals surface area contributed by atoms with E-state index in [0.29, 0.717) is 0 Å². The van der Waals surface area contributed by atoms with Gasteiger partial charge in [-0.2, -0.15) is 0 Å². The maximum Gasteiger partial charge on any atom is 3.00 e. The predicted octanol–water partition coefficient (Wildman–Crippen LogP) is -7.96. The Morgan fingerprint density at radius 1 is 0.636 bits per heavy atom. The maximum absolute atomic E-state index is 9.36. The molecule has 2 radical (unpaired) electrons. The zero-order valence-electron chi connectivity index (χ0n) is 4.39. The van der Waals surface area contributed by atoms with Crippen LogP contribution in [-0.4, -0.2) is 18.1 Å². The molecule has 0 heterocycles. The monoisotopic (exact) mass is 516 g/mol. The first-order chi connectivity index (χ1) is 3.71. The molecule has 11 heteroatoms. The number of rotatable bonds is 2. The third-order valence-corrected chi connectivity index (χ3v) is 2.25. The van der Waals surface area contributed by atoms with Crippen molar-refractivity contribution in [2.24, 2.45) is 0 Å². The van der Waals surface area contributed by atoms with E-state index in [1.165, 1.54) is 0 Å². The van der Waals surface area contributed by atoms with E-state index in [9.17, 15) is 28.8 Å². The zero-order valence-corrected chi connectivity index (χ0v) is 9.82. The van der Waals surface area contributed by atoms with Gasteiger partial charge in [0.25, 0.3) is 0 Å². The first-order valence-electron chi connectivity index (χ1n) is 1.63. The van der Waals surface area contributed by atoms with Crippen LogP contribution < -0.4 is 28.8 Å². The van der Waals surface area contributed by atoms with Gasteiger partial charge in [0.1, 0.15) is 0 Å². The van der Waals surface area contributed by atoms with Crippen LogP contribution >= 0.6 is 0 Å². The average Bonchev–Trinajstić information content (AvgIpc) is 1.14. The standard InChI is InChI=1S/O7Si2.2Yb/c1-8(2,3)7-9(4,5)6;;/q-6;2*+3. The van der Waals surface area contributed by atoms with Gasteiger partial charge in [-0.1, -0.05) is 0 Å². The van der Waals surface area contributed by atoms with E-state index < -0.39 is 18.1 Å². The summed E-state index contributed by atoms with van der Waals surface area (Å²) in [4.78, 5) is 56.2. The van der Waals surface area contributed by atoms with Crippen LogP contribution in [0.5, 0.6) is 0 Å². The quantitative estimate of drug-likeness (QED) is 0.333. The molecule has 0 spiro atoms. The van der Waals surface area contributed by atoms with E-state index in [4.69, 9.17) is 0 Å². The van der Waals surface area contributed by atoms with Crippen LogP contribution in [0.15, 0.2) is 0 Å². The SMILES string of the molecule is [O-][Si]([O-])([O-])O[Si]([O-])([O-])[O-].[Yb+3].[Yb+3]. The molecule has 0 fully saturated rings. The van der Waals surface area contributed by atoms with E-state index in [2.05, 4.69) is 4.12 Å². The van der Waals surface area contributed by atoms with Crippen LogP contribution in [0, 0.1) is 93.8 Å². The Morgan fingerprint density at radius 2 is 0.818 bits per heavy atom. The molecule has 0 aliphatic carbocycles. The van der Waals surface area contributed by atoms with Crippen LogP contribution in [-0.2, 0) is 4.12 Å². The second-order valence-electron chi connectivity index (χ2n) is 1.10. The number of hydrogen-bond acceptors (Lipinski definition) is 7. The number of hydrogen-bond donors (Lipinski definition) is 0. The van der Waals surface area contributed by atoms with Crippen molar-refractivity contribution in [3.8, 4) is 0 Å². The molecular formula is O7Si2Yb2. The zero-order chi connectivity index (χ0) is 7.71. The summed E-state index contributed by atoms with van der Waals surface area (Å²) >= 11 is 0. The fourth-order valence-electron chi connectivity index (χ4n) is 0.153. The largest absolute Gasteiger partial charge is 3.00 e. The van der Waals surface area contributed by atoms with Crippen molar-refractivity contribution in [2.75, 3.05) is 0 Å². The summed E-state index contributed by atoms with van der Waals surface area (Å²) in [5.41, 5.74) is 0. The fraction of sp³-hybridized carbons (Fsp3) is 0. The van der Waals surface area contributed by atoms with E-state index in [-0.39, 0.29) is 93.8 Å².